The number of rotatable bonds is 3. The fourth-order valence-corrected chi connectivity index (χ4v) is 1.86. The van der Waals surface area contributed by atoms with E-state index in [2.05, 4.69) is 4.98 Å². The van der Waals surface area contributed by atoms with Crippen LogP contribution in [0, 0.1) is 0 Å². The number of furan rings is 1. The van der Waals surface area contributed by atoms with Gasteiger partial charge in [0.15, 0.2) is 5.69 Å². The van der Waals surface area contributed by atoms with Crippen molar-refractivity contribution in [3.63, 3.8) is 0 Å². The molecule has 0 spiro atoms. The first kappa shape index (κ1) is 11.5. The predicted octanol–water partition coefficient (Wildman–Crippen LogP) is 1.78. The van der Waals surface area contributed by atoms with E-state index in [-0.39, 0.29) is 12.3 Å². The second kappa shape index (κ2) is 4.25. The summed E-state index contributed by atoms with van der Waals surface area (Å²) in [6.45, 7) is -0.156. The fraction of sp³-hybridized carbons (Fsp3) is 0.0769. The average Bonchev–Trinajstić information content (AvgIpc) is 3.04. The van der Waals surface area contributed by atoms with Crippen LogP contribution in [0.2, 0.25) is 0 Å². The monoisotopic (exact) mass is 258 g/mol. The van der Waals surface area contributed by atoms with Gasteiger partial charge in [0, 0.05) is 18.0 Å². The molecule has 3 aromatic heterocycles. The molecule has 6 nitrogen and oxygen atoms in total. The third-order valence-corrected chi connectivity index (χ3v) is 2.77. The highest BCUT2D eigenvalue weighted by atomic mass is 16.4. The van der Waals surface area contributed by atoms with Gasteiger partial charge in [-0.3, -0.25) is 0 Å². The van der Waals surface area contributed by atoms with Crippen molar-refractivity contribution in [1.29, 1.82) is 0 Å². The zero-order valence-corrected chi connectivity index (χ0v) is 9.78. The molecule has 0 atom stereocenters. The molecule has 19 heavy (non-hydrogen) atoms. The minimum Gasteiger partial charge on any atom is -0.476 e. The predicted molar refractivity (Wildman–Crippen MR) is 65.8 cm³/mol. The SMILES string of the molecule is O=C(O)c1cn2cc(-c3ccc(CO)o3)ccc2n1. The van der Waals surface area contributed by atoms with E-state index in [4.69, 9.17) is 14.6 Å². The molecule has 3 rings (SSSR count). The van der Waals surface area contributed by atoms with Gasteiger partial charge in [0.25, 0.3) is 0 Å². The summed E-state index contributed by atoms with van der Waals surface area (Å²) in [5.74, 6) is 0.0225. The third-order valence-electron chi connectivity index (χ3n) is 2.77. The molecule has 0 amide bonds. The Kier molecular flexibility index (Phi) is 2.57. The quantitative estimate of drug-likeness (QED) is 0.747. The van der Waals surface area contributed by atoms with Crippen molar-refractivity contribution in [2.45, 2.75) is 6.61 Å². The van der Waals surface area contributed by atoms with Gasteiger partial charge in [0.1, 0.15) is 23.8 Å². The molecular weight excluding hydrogens is 248 g/mol. The van der Waals surface area contributed by atoms with Crippen LogP contribution in [0.25, 0.3) is 17.0 Å². The number of aliphatic hydroxyl groups is 1. The number of aromatic carboxylic acids is 1. The molecule has 0 saturated heterocycles. The standard InChI is InChI=1S/C13H10N2O4/c16-7-9-2-3-11(19-9)8-1-4-12-14-10(13(17)18)6-15(12)5-8/h1-6,16H,7H2,(H,17,18). The number of hydrogen-bond donors (Lipinski definition) is 2. The van der Waals surface area contributed by atoms with E-state index in [0.717, 1.165) is 5.56 Å². The summed E-state index contributed by atoms with van der Waals surface area (Å²) in [4.78, 5) is 14.8. The van der Waals surface area contributed by atoms with Crippen LogP contribution in [0.1, 0.15) is 16.2 Å². The second-order valence-corrected chi connectivity index (χ2v) is 4.04. The topological polar surface area (TPSA) is 88.0 Å². The molecule has 0 aliphatic heterocycles. The number of pyridine rings is 1. The maximum Gasteiger partial charge on any atom is 0.356 e. The van der Waals surface area contributed by atoms with Crippen molar-refractivity contribution in [2.75, 3.05) is 0 Å². The number of fused-ring (bicyclic) bond motifs is 1. The molecule has 0 bridgehead atoms. The van der Waals surface area contributed by atoms with Crippen LogP contribution in [0.3, 0.4) is 0 Å². The highest BCUT2D eigenvalue weighted by molar-refractivity contribution is 5.86. The lowest BCUT2D eigenvalue weighted by Gasteiger charge is -1.98. The van der Waals surface area contributed by atoms with Crippen molar-refractivity contribution < 1.29 is 19.4 Å². The first-order valence-electron chi connectivity index (χ1n) is 5.59. The number of nitrogens with zero attached hydrogens (tertiary/aromatic N) is 2. The van der Waals surface area contributed by atoms with E-state index in [9.17, 15) is 4.79 Å². The van der Waals surface area contributed by atoms with Crippen LogP contribution in [-0.2, 0) is 6.61 Å². The average molecular weight is 258 g/mol. The Bertz CT molecular complexity index is 757. The van der Waals surface area contributed by atoms with Crippen LogP contribution in [-0.4, -0.2) is 25.6 Å². The Morgan fingerprint density at radius 2 is 2.11 bits per heavy atom. The molecule has 3 heterocycles. The smallest absolute Gasteiger partial charge is 0.356 e. The van der Waals surface area contributed by atoms with Crippen molar-refractivity contribution in [2.24, 2.45) is 0 Å². The van der Waals surface area contributed by atoms with Crippen LogP contribution in [0.5, 0.6) is 0 Å². The van der Waals surface area contributed by atoms with Gasteiger partial charge < -0.3 is 19.0 Å². The summed E-state index contributed by atoms with van der Waals surface area (Å²) in [7, 11) is 0. The lowest BCUT2D eigenvalue weighted by molar-refractivity contribution is 0.0691. The van der Waals surface area contributed by atoms with Gasteiger partial charge in [-0.05, 0) is 24.3 Å². The summed E-state index contributed by atoms with van der Waals surface area (Å²) in [5, 5.41) is 17.8. The van der Waals surface area contributed by atoms with Gasteiger partial charge in [-0.2, -0.15) is 0 Å². The molecular formula is C13H10N2O4. The molecule has 0 saturated carbocycles. The van der Waals surface area contributed by atoms with Crippen LogP contribution < -0.4 is 0 Å². The summed E-state index contributed by atoms with van der Waals surface area (Å²) < 4.78 is 7.05. The van der Waals surface area contributed by atoms with Gasteiger partial charge in [0.2, 0.25) is 0 Å². The largest absolute Gasteiger partial charge is 0.476 e. The van der Waals surface area contributed by atoms with E-state index in [1.165, 1.54) is 6.20 Å². The van der Waals surface area contributed by atoms with Crippen LogP contribution in [0.15, 0.2) is 41.1 Å². The van der Waals surface area contributed by atoms with Crippen molar-refractivity contribution in [3.8, 4) is 11.3 Å². The van der Waals surface area contributed by atoms with Gasteiger partial charge in [-0.15, -0.1) is 0 Å². The minimum atomic E-state index is -1.06. The molecule has 0 radical (unpaired) electrons. The second-order valence-electron chi connectivity index (χ2n) is 4.04. The van der Waals surface area contributed by atoms with Gasteiger partial charge in [-0.25, -0.2) is 9.78 Å². The zero-order chi connectivity index (χ0) is 13.4. The Labute approximate surface area is 107 Å². The first-order valence-corrected chi connectivity index (χ1v) is 5.59. The minimum absolute atomic E-state index is 0.00681. The van der Waals surface area contributed by atoms with E-state index < -0.39 is 5.97 Å². The molecule has 0 aliphatic carbocycles. The van der Waals surface area contributed by atoms with Crippen molar-refractivity contribution in [1.82, 2.24) is 9.38 Å². The van der Waals surface area contributed by atoms with E-state index in [1.807, 2.05) is 0 Å². The fourth-order valence-electron chi connectivity index (χ4n) is 1.86. The Hall–Kier alpha value is -2.60. The zero-order valence-electron chi connectivity index (χ0n) is 9.78. The van der Waals surface area contributed by atoms with E-state index in [0.29, 0.717) is 17.2 Å². The van der Waals surface area contributed by atoms with Crippen LogP contribution in [0.4, 0.5) is 0 Å². The molecule has 0 unspecified atom stereocenters. The molecule has 3 aromatic rings. The third kappa shape index (κ3) is 1.98. The lowest BCUT2D eigenvalue weighted by atomic mass is 10.2. The molecule has 6 heteroatoms. The number of carbonyl (C=O) groups is 1. The normalized spacial score (nSPS) is 11.0. The van der Waals surface area contributed by atoms with Gasteiger partial charge >= 0.3 is 5.97 Å². The molecule has 0 aromatic carbocycles. The Balaban J connectivity index is 2.07. The molecule has 0 aliphatic rings. The molecule has 0 fully saturated rings. The van der Waals surface area contributed by atoms with Gasteiger partial charge in [-0.1, -0.05) is 0 Å². The Morgan fingerprint density at radius 3 is 2.79 bits per heavy atom. The van der Waals surface area contributed by atoms with Crippen LogP contribution >= 0.6 is 0 Å². The summed E-state index contributed by atoms with van der Waals surface area (Å²) in [5.41, 5.74) is 1.32. The lowest BCUT2D eigenvalue weighted by Crippen LogP contribution is -1.94. The molecule has 96 valence electrons. The number of carboxylic acids is 1. The van der Waals surface area contributed by atoms with Crippen molar-refractivity contribution >= 4 is 11.6 Å². The maximum atomic E-state index is 10.8. The summed E-state index contributed by atoms with van der Waals surface area (Å²) in [6.07, 6.45) is 3.17. The van der Waals surface area contributed by atoms with Gasteiger partial charge in [0.05, 0.1) is 0 Å². The number of hydrogen-bond acceptors (Lipinski definition) is 4. The number of imidazole rings is 1. The Morgan fingerprint density at radius 1 is 1.26 bits per heavy atom. The number of aromatic nitrogens is 2. The highest BCUT2D eigenvalue weighted by Crippen LogP contribution is 2.22. The molecule has 2 N–H and O–H groups in total. The highest BCUT2D eigenvalue weighted by Gasteiger charge is 2.10. The number of carboxylic acid groups (broad SMARTS) is 1. The maximum absolute atomic E-state index is 10.8. The summed E-state index contributed by atoms with van der Waals surface area (Å²) in [6, 6.07) is 6.94. The summed E-state index contributed by atoms with van der Waals surface area (Å²) >= 11 is 0. The van der Waals surface area contributed by atoms with Crippen molar-refractivity contribution in [3.05, 3.63) is 48.1 Å². The first-order chi connectivity index (χ1) is 9.17. The van der Waals surface area contributed by atoms with E-state index in [1.54, 1.807) is 34.9 Å². The van der Waals surface area contributed by atoms with E-state index >= 15 is 0 Å². The number of aliphatic hydroxyl groups excluding tert-OH is 1.